The molecule has 6 nitrogen and oxygen atoms in total. The van der Waals surface area contributed by atoms with Crippen LogP contribution in [-0.4, -0.2) is 19.7 Å². The van der Waals surface area contributed by atoms with Gasteiger partial charge < -0.3 is 5.32 Å². The quantitative estimate of drug-likeness (QED) is 0.892. The highest BCUT2D eigenvalue weighted by molar-refractivity contribution is 5.51. The number of nitrogens with zero attached hydrogens (tertiary/aromatic N) is 5. The Balaban J connectivity index is 2.23. The molecule has 0 fully saturated rings. The molecule has 2 rings (SSSR count). The van der Waals surface area contributed by atoms with Gasteiger partial charge in [-0.05, 0) is 26.8 Å². The highest BCUT2D eigenvalue weighted by Gasteiger charge is 2.05. The third-order valence-electron chi connectivity index (χ3n) is 2.36. The van der Waals surface area contributed by atoms with E-state index in [9.17, 15) is 0 Å². The van der Waals surface area contributed by atoms with Crippen molar-refractivity contribution >= 4 is 11.6 Å². The van der Waals surface area contributed by atoms with Gasteiger partial charge in [0, 0.05) is 17.9 Å². The SMILES string of the molecule is Cc1cc(C#N)nc(Nc2cnn(C(C)C)c2)n1. The zero-order valence-corrected chi connectivity index (χ0v) is 10.5. The van der Waals surface area contributed by atoms with Crippen LogP contribution in [0.5, 0.6) is 0 Å². The number of hydrogen-bond acceptors (Lipinski definition) is 5. The van der Waals surface area contributed by atoms with Crippen molar-refractivity contribution in [1.29, 1.82) is 5.26 Å². The van der Waals surface area contributed by atoms with Crippen molar-refractivity contribution in [3.05, 3.63) is 29.8 Å². The molecule has 0 atom stereocenters. The Kier molecular flexibility index (Phi) is 3.24. The van der Waals surface area contributed by atoms with Gasteiger partial charge in [0.2, 0.25) is 5.95 Å². The summed E-state index contributed by atoms with van der Waals surface area (Å²) in [7, 11) is 0. The molecular weight excluding hydrogens is 228 g/mol. The van der Waals surface area contributed by atoms with Crippen LogP contribution in [0.25, 0.3) is 0 Å². The zero-order valence-electron chi connectivity index (χ0n) is 10.5. The molecule has 18 heavy (non-hydrogen) atoms. The predicted molar refractivity (Wildman–Crippen MR) is 67.4 cm³/mol. The van der Waals surface area contributed by atoms with E-state index in [2.05, 4.69) is 20.4 Å². The van der Waals surface area contributed by atoms with E-state index in [1.807, 2.05) is 37.7 Å². The predicted octanol–water partition coefficient (Wildman–Crippen LogP) is 2.18. The molecule has 0 aromatic carbocycles. The monoisotopic (exact) mass is 242 g/mol. The number of aryl methyl sites for hydroxylation is 1. The Hall–Kier alpha value is -2.42. The maximum absolute atomic E-state index is 8.84. The third-order valence-corrected chi connectivity index (χ3v) is 2.36. The van der Waals surface area contributed by atoms with Crippen molar-refractivity contribution in [2.24, 2.45) is 0 Å². The van der Waals surface area contributed by atoms with Crippen molar-refractivity contribution in [1.82, 2.24) is 19.7 Å². The van der Waals surface area contributed by atoms with Crippen LogP contribution in [0, 0.1) is 18.3 Å². The number of anilines is 2. The topological polar surface area (TPSA) is 79.4 Å². The molecule has 0 radical (unpaired) electrons. The van der Waals surface area contributed by atoms with Gasteiger partial charge in [0.1, 0.15) is 11.8 Å². The largest absolute Gasteiger partial charge is 0.321 e. The Bertz CT molecular complexity index is 593. The van der Waals surface area contributed by atoms with Gasteiger partial charge in [-0.15, -0.1) is 0 Å². The summed E-state index contributed by atoms with van der Waals surface area (Å²) in [6, 6.07) is 3.95. The van der Waals surface area contributed by atoms with Crippen LogP contribution in [0.1, 0.15) is 31.3 Å². The second-order valence-electron chi connectivity index (χ2n) is 4.26. The van der Waals surface area contributed by atoms with Gasteiger partial charge in [-0.25, -0.2) is 9.97 Å². The van der Waals surface area contributed by atoms with Crippen LogP contribution < -0.4 is 5.32 Å². The van der Waals surface area contributed by atoms with E-state index < -0.39 is 0 Å². The highest BCUT2D eigenvalue weighted by Crippen LogP contribution is 2.14. The lowest BCUT2D eigenvalue weighted by atomic mass is 10.3. The fourth-order valence-corrected chi connectivity index (χ4v) is 1.50. The lowest BCUT2D eigenvalue weighted by Crippen LogP contribution is -2.01. The molecule has 0 bridgehead atoms. The number of nitrogens with one attached hydrogen (secondary N) is 1. The van der Waals surface area contributed by atoms with E-state index in [0.29, 0.717) is 17.7 Å². The van der Waals surface area contributed by atoms with Crippen molar-refractivity contribution in [3.8, 4) is 6.07 Å². The summed E-state index contributed by atoms with van der Waals surface area (Å²) in [4.78, 5) is 8.30. The van der Waals surface area contributed by atoms with Crippen molar-refractivity contribution in [2.75, 3.05) is 5.32 Å². The molecule has 2 aromatic rings. The van der Waals surface area contributed by atoms with Crippen molar-refractivity contribution in [2.45, 2.75) is 26.8 Å². The Morgan fingerprint density at radius 2 is 2.17 bits per heavy atom. The molecule has 0 amide bonds. The molecule has 0 saturated carbocycles. The standard InChI is InChI=1S/C12H14N6/c1-8(2)18-7-11(6-14-18)17-12-15-9(3)4-10(5-13)16-12/h4,6-8H,1-3H3,(H,15,16,17). The number of nitriles is 1. The van der Waals surface area contributed by atoms with E-state index >= 15 is 0 Å². The van der Waals surface area contributed by atoms with Crippen LogP contribution in [0.3, 0.4) is 0 Å². The van der Waals surface area contributed by atoms with Crippen LogP contribution in [-0.2, 0) is 0 Å². The first-order valence-electron chi connectivity index (χ1n) is 5.65. The van der Waals surface area contributed by atoms with Crippen LogP contribution >= 0.6 is 0 Å². The smallest absolute Gasteiger partial charge is 0.228 e. The summed E-state index contributed by atoms with van der Waals surface area (Å²) in [5.74, 6) is 0.412. The number of hydrogen-bond donors (Lipinski definition) is 1. The Labute approximate surface area is 105 Å². The molecule has 92 valence electrons. The van der Waals surface area contributed by atoms with E-state index in [1.54, 1.807) is 12.3 Å². The Morgan fingerprint density at radius 1 is 1.39 bits per heavy atom. The summed E-state index contributed by atoms with van der Waals surface area (Å²) >= 11 is 0. The molecule has 0 aliphatic heterocycles. The van der Waals surface area contributed by atoms with Crippen LogP contribution in [0.2, 0.25) is 0 Å². The molecule has 6 heteroatoms. The van der Waals surface area contributed by atoms with Gasteiger partial charge in [-0.3, -0.25) is 4.68 Å². The zero-order chi connectivity index (χ0) is 13.1. The summed E-state index contributed by atoms with van der Waals surface area (Å²) in [5.41, 5.74) is 1.90. The normalized spacial score (nSPS) is 10.4. The van der Waals surface area contributed by atoms with Gasteiger partial charge in [-0.1, -0.05) is 0 Å². The summed E-state index contributed by atoms with van der Waals surface area (Å²) in [6.07, 6.45) is 3.58. The fourth-order valence-electron chi connectivity index (χ4n) is 1.50. The maximum Gasteiger partial charge on any atom is 0.228 e. The van der Waals surface area contributed by atoms with Crippen molar-refractivity contribution in [3.63, 3.8) is 0 Å². The van der Waals surface area contributed by atoms with Gasteiger partial charge in [0.05, 0.1) is 11.9 Å². The highest BCUT2D eigenvalue weighted by atomic mass is 15.3. The fraction of sp³-hybridized carbons (Fsp3) is 0.333. The van der Waals surface area contributed by atoms with Crippen LogP contribution in [0.4, 0.5) is 11.6 Å². The minimum atomic E-state index is 0.300. The molecule has 0 spiro atoms. The van der Waals surface area contributed by atoms with E-state index in [4.69, 9.17) is 5.26 Å². The molecule has 2 heterocycles. The van der Waals surface area contributed by atoms with E-state index in [0.717, 1.165) is 11.4 Å². The molecule has 2 aromatic heterocycles. The van der Waals surface area contributed by atoms with E-state index in [1.165, 1.54) is 0 Å². The Morgan fingerprint density at radius 3 is 2.78 bits per heavy atom. The van der Waals surface area contributed by atoms with Gasteiger partial charge in [0.15, 0.2) is 0 Å². The molecule has 0 saturated heterocycles. The van der Waals surface area contributed by atoms with Crippen LogP contribution in [0.15, 0.2) is 18.5 Å². The van der Waals surface area contributed by atoms with Gasteiger partial charge in [0.25, 0.3) is 0 Å². The average molecular weight is 242 g/mol. The first-order chi connectivity index (χ1) is 8.58. The van der Waals surface area contributed by atoms with Crippen molar-refractivity contribution < 1.29 is 0 Å². The first-order valence-corrected chi connectivity index (χ1v) is 5.65. The van der Waals surface area contributed by atoms with Gasteiger partial charge in [-0.2, -0.15) is 10.4 Å². The molecule has 0 unspecified atom stereocenters. The number of aromatic nitrogens is 4. The molecular formula is C12H14N6. The summed E-state index contributed by atoms with van der Waals surface area (Å²) in [6.45, 7) is 5.92. The van der Waals surface area contributed by atoms with E-state index in [-0.39, 0.29) is 0 Å². The maximum atomic E-state index is 8.84. The lowest BCUT2D eigenvalue weighted by Gasteiger charge is -2.04. The third kappa shape index (κ3) is 2.63. The lowest BCUT2D eigenvalue weighted by molar-refractivity contribution is 0.532. The summed E-state index contributed by atoms with van der Waals surface area (Å²) < 4.78 is 1.84. The second kappa shape index (κ2) is 4.84. The molecule has 0 aliphatic rings. The minimum absolute atomic E-state index is 0.300. The number of rotatable bonds is 3. The van der Waals surface area contributed by atoms with Gasteiger partial charge >= 0.3 is 0 Å². The molecule has 1 N–H and O–H groups in total. The average Bonchev–Trinajstić information content (AvgIpc) is 2.76. The summed E-state index contributed by atoms with van der Waals surface area (Å²) in [5, 5.41) is 16.1. The minimum Gasteiger partial charge on any atom is -0.321 e. The second-order valence-corrected chi connectivity index (χ2v) is 4.26. The first kappa shape index (κ1) is 12.0. The molecule has 0 aliphatic carbocycles.